The normalized spacial score (nSPS) is 26.8. The SMILES string of the molecule is O=C(CCC1CCNC1)N1CCCNCC1. The first kappa shape index (κ1) is 11.9. The van der Waals surface area contributed by atoms with Crippen LogP contribution in [0.15, 0.2) is 0 Å². The molecular weight excluding hydrogens is 202 g/mol. The molecule has 0 bridgehead atoms. The minimum atomic E-state index is 0.357. The molecule has 2 aliphatic heterocycles. The predicted molar refractivity (Wildman–Crippen MR) is 64.3 cm³/mol. The summed E-state index contributed by atoms with van der Waals surface area (Å²) >= 11 is 0. The highest BCUT2D eigenvalue weighted by Gasteiger charge is 2.19. The van der Waals surface area contributed by atoms with Crippen molar-refractivity contribution in [2.75, 3.05) is 39.3 Å². The van der Waals surface area contributed by atoms with E-state index < -0.39 is 0 Å². The molecule has 0 aromatic rings. The molecule has 0 aromatic heterocycles. The Morgan fingerprint density at radius 1 is 1.19 bits per heavy atom. The van der Waals surface area contributed by atoms with E-state index in [1.807, 2.05) is 4.90 Å². The van der Waals surface area contributed by atoms with E-state index in [1.54, 1.807) is 0 Å². The van der Waals surface area contributed by atoms with Crippen LogP contribution in [-0.4, -0.2) is 50.1 Å². The van der Waals surface area contributed by atoms with Crippen LogP contribution in [0.2, 0.25) is 0 Å². The van der Waals surface area contributed by atoms with Crippen LogP contribution in [0.4, 0.5) is 0 Å². The molecule has 2 heterocycles. The van der Waals surface area contributed by atoms with Gasteiger partial charge < -0.3 is 15.5 Å². The Labute approximate surface area is 97.8 Å². The van der Waals surface area contributed by atoms with Gasteiger partial charge in [-0.25, -0.2) is 0 Å². The van der Waals surface area contributed by atoms with Gasteiger partial charge in [-0.05, 0) is 44.8 Å². The molecule has 16 heavy (non-hydrogen) atoms. The lowest BCUT2D eigenvalue weighted by molar-refractivity contribution is -0.131. The van der Waals surface area contributed by atoms with Gasteiger partial charge in [0.25, 0.3) is 0 Å². The third kappa shape index (κ3) is 3.46. The molecule has 0 spiro atoms. The van der Waals surface area contributed by atoms with Crippen LogP contribution < -0.4 is 10.6 Å². The highest BCUT2D eigenvalue weighted by molar-refractivity contribution is 5.76. The number of amides is 1. The summed E-state index contributed by atoms with van der Waals surface area (Å²) in [4.78, 5) is 14.0. The van der Waals surface area contributed by atoms with E-state index in [4.69, 9.17) is 0 Å². The lowest BCUT2D eigenvalue weighted by Crippen LogP contribution is -2.34. The molecule has 1 amide bonds. The fraction of sp³-hybridized carbons (Fsp3) is 0.917. The maximum absolute atomic E-state index is 12.0. The van der Waals surface area contributed by atoms with Crippen LogP contribution >= 0.6 is 0 Å². The van der Waals surface area contributed by atoms with Gasteiger partial charge in [0, 0.05) is 26.1 Å². The molecule has 92 valence electrons. The molecule has 2 aliphatic rings. The van der Waals surface area contributed by atoms with E-state index >= 15 is 0 Å². The first-order valence-electron chi connectivity index (χ1n) is 6.55. The van der Waals surface area contributed by atoms with Crippen LogP contribution in [0.1, 0.15) is 25.7 Å². The largest absolute Gasteiger partial charge is 0.341 e. The Bertz CT molecular complexity index is 218. The summed E-state index contributed by atoms with van der Waals surface area (Å²) in [6, 6.07) is 0. The first-order chi connectivity index (χ1) is 7.86. The monoisotopic (exact) mass is 225 g/mol. The zero-order valence-electron chi connectivity index (χ0n) is 10.0. The highest BCUT2D eigenvalue weighted by Crippen LogP contribution is 2.15. The summed E-state index contributed by atoms with van der Waals surface area (Å²) in [6.45, 7) is 6.07. The highest BCUT2D eigenvalue weighted by atomic mass is 16.2. The van der Waals surface area contributed by atoms with Gasteiger partial charge in [0.2, 0.25) is 5.91 Å². The first-order valence-corrected chi connectivity index (χ1v) is 6.55. The minimum absolute atomic E-state index is 0.357. The fourth-order valence-corrected chi connectivity index (χ4v) is 2.54. The van der Waals surface area contributed by atoms with E-state index in [2.05, 4.69) is 10.6 Å². The van der Waals surface area contributed by atoms with Gasteiger partial charge in [0.15, 0.2) is 0 Å². The van der Waals surface area contributed by atoms with Crippen LogP contribution in [0, 0.1) is 5.92 Å². The molecule has 0 saturated carbocycles. The van der Waals surface area contributed by atoms with Crippen molar-refractivity contribution in [3.05, 3.63) is 0 Å². The number of hydrogen-bond donors (Lipinski definition) is 2. The minimum Gasteiger partial charge on any atom is -0.341 e. The second kappa shape index (κ2) is 6.21. The maximum Gasteiger partial charge on any atom is 0.222 e. The van der Waals surface area contributed by atoms with Crippen molar-refractivity contribution in [3.63, 3.8) is 0 Å². The van der Waals surface area contributed by atoms with Gasteiger partial charge in [0.1, 0.15) is 0 Å². The van der Waals surface area contributed by atoms with Crippen molar-refractivity contribution < 1.29 is 4.79 Å². The predicted octanol–water partition coefficient (Wildman–Crippen LogP) is 0.198. The summed E-state index contributed by atoms with van der Waals surface area (Å²) in [6.07, 6.45) is 4.15. The molecule has 4 nitrogen and oxygen atoms in total. The molecule has 4 heteroatoms. The maximum atomic E-state index is 12.0. The van der Waals surface area contributed by atoms with E-state index in [1.165, 1.54) is 6.42 Å². The average Bonchev–Trinajstić information content (AvgIpc) is 2.66. The molecule has 0 radical (unpaired) electrons. The third-order valence-electron chi connectivity index (χ3n) is 3.62. The van der Waals surface area contributed by atoms with Crippen molar-refractivity contribution in [3.8, 4) is 0 Å². The van der Waals surface area contributed by atoms with Crippen molar-refractivity contribution in [1.29, 1.82) is 0 Å². The molecule has 0 aliphatic carbocycles. The number of nitrogens with zero attached hydrogens (tertiary/aromatic N) is 1. The van der Waals surface area contributed by atoms with Gasteiger partial charge in [-0.2, -0.15) is 0 Å². The topological polar surface area (TPSA) is 44.4 Å². The van der Waals surface area contributed by atoms with E-state index in [0.717, 1.165) is 64.4 Å². The standard InChI is InChI=1S/C12H23N3O/c16-12(3-2-11-4-6-14-10-11)15-8-1-5-13-7-9-15/h11,13-14H,1-10H2. The number of carbonyl (C=O) groups is 1. The number of nitrogens with one attached hydrogen (secondary N) is 2. The van der Waals surface area contributed by atoms with Crippen LogP contribution in [0.25, 0.3) is 0 Å². The lowest BCUT2D eigenvalue weighted by atomic mass is 10.0. The zero-order chi connectivity index (χ0) is 11.2. The summed E-state index contributed by atoms with van der Waals surface area (Å²) in [5, 5.41) is 6.68. The molecule has 2 fully saturated rings. The van der Waals surface area contributed by atoms with E-state index in [0.29, 0.717) is 5.91 Å². The summed E-state index contributed by atoms with van der Waals surface area (Å²) in [5.41, 5.74) is 0. The third-order valence-corrected chi connectivity index (χ3v) is 3.62. The van der Waals surface area contributed by atoms with E-state index in [-0.39, 0.29) is 0 Å². The van der Waals surface area contributed by atoms with Gasteiger partial charge in [-0.3, -0.25) is 4.79 Å². The van der Waals surface area contributed by atoms with Crippen LogP contribution in [0.5, 0.6) is 0 Å². The molecule has 1 unspecified atom stereocenters. The van der Waals surface area contributed by atoms with Gasteiger partial charge in [-0.15, -0.1) is 0 Å². The Kier molecular flexibility index (Phi) is 4.60. The Morgan fingerprint density at radius 2 is 2.12 bits per heavy atom. The summed E-state index contributed by atoms with van der Waals surface area (Å²) in [5.74, 6) is 1.09. The summed E-state index contributed by atoms with van der Waals surface area (Å²) in [7, 11) is 0. The summed E-state index contributed by atoms with van der Waals surface area (Å²) < 4.78 is 0. The average molecular weight is 225 g/mol. The Morgan fingerprint density at radius 3 is 2.94 bits per heavy atom. The van der Waals surface area contributed by atoms with Crippen molar-refractivity contribution in [1.82, 2.24) is 15.5 Å². The quantitative estimate of drug-likeness (QED) is 0.721. The molecule has 1 atom stereocenters. The fourth-order valence-electron chi connectivity index (χ4n) is 2.54. The number of carbonyl (C=O) groups excluding carboxylic acids is 1. The molecule has 2 saturated heterocycles. The molecule has 2 rings (SSSR count). The van der Waals surface area contributed by atoms with Crippen molar-refractivity contribution in [2.24, 2.45) is 5.92 Å². The second-order valence-electron chi connectivity index (χ2n) is 4.88. The molecule has 0 aromatic carbocycles. The van der Waals surface area contributed by atoms with Crippen LogP contribution in [-0.2, 0) is 4.79 Å². The molecular formula is C12H23N3O. The second-order valence-corrected chi connectivity index (χ2v) is 4.88. The van der Waals surface area contributed by atoms with Gasteiger partial charge in [0.05, 0.1) is 0 Å². The Hall–Kier alpha value is -0.610. The number of rotatable bonds is 3. The molecule has 2 N–H and O–H groups in total. The van der Waals surface area contributed by atoms with Crippen molar-refractivity contribution in [2.45, 2.75) is 25.7 Å². The number of hydrogen-bond acceptors (Lipinski definition) is 3. The van der Waals surface area contributed by atoms with Gasteiger partial charge in [-0.1, -0.05) is 0 Å². The van der Waals surface area contributed by atoms with Crippen molar-refractivity contribution >= 4 is 5.91 Å². The smallest absolute Gasteiger partial charge is 0.222 e. The van der Waals surface area contributed by atoms with Crippen LogP contribution in [0.3, 0.4) is 0 Å². The lowest BCUT2D eigenvalue weighted by Gasteiger charge is -2.20. The van der Waals surface area contributed by atoms with E-state index in [9.17, 15) is 4.79 Å². The Balaban J connectivity index is 1.69. The zero-order valence-corrected chi connectivity index (χ0v) is 10.0. The van der Waals surface area contributed by atoms with Gasteiger partial charge >= 0.3 is 0 Å².